The molecule has 66 valence electrons. The van der Waals surface area contributed by atoms with Gasteiger partial charge in [0.15, 0.2) is 0 Å². The Hall–Kier alpha value is 0.520. The normalized spacial score (nSPS) is 17.6. The zero-order valence-corrected chi connectivity index (χ0v) is 7.98. The Morgan fingerprint density at radius 3 is 1.91 bits per heavy atom. The minimum atomic E-state index is -3.97. The van der Waals surface area contributed by atoms with Crippen LogP contribution in [0.3, 0.4) is 0 Å². The molecule has 1 nitrogen and oxygen atoms in total. The lowest BCUT2D eigenvalue weighted by molar-refractivity contribution is -0.116. The van der Waals surface area contributed by atoms with Crippen molar-refractivity contribution in [2.75, 3.05) is 0 Å². The van der Waals surface area contributed by atoms with Gasteiger partial charge in [-0.05, 0) is 27.5 Å². The van der Waals surface area contributed by atoms with Crippen LogP contribution in [0.4, 0.5) is 13.2 Å². The number of rotatable bonds is 3. The minimum Gasteiger partial charge on any atom is -0.281 e. The highest BCUT2D eigenvalue weighted by Crippen LogP contribution is 2.43. The second-order valence-electron chi connectivity index (χ2n) is 1.73. The Morgan fingerprint density at radius 1 is 1.45 bits per heavy atom. The zero-order valence-electron chi connectivity index (χ0n) is 4.88. The maximum absolute atomic E-state index is 12.5. The van der Waals surface area contributed by atoms with Gasteiger partial charge in [0.25, 0.3) is 5.13 Å². The van der Waals surface area contributed by atoms with Crippen LogP contribution in [0.5, 0.6) is 0 Å². The molecule has 0 aliphatic heterocycles. The first-order valence-corrected chi connectivity index (χ1v) is 3.84. The second kappa shape index (κ2) is 3.49. The van der Waals surface area contributed by atoms with Crippen LogP contribution in [-0.4, -0.2) is 15.2 Å². The summed E-state index contributed by atoms with van der Waals surface area (Å²) in [5.74, 6) is 0. The van der Waals surface area contributed by atoms with Crippen molar-refractivity contribution in [1.29, 1.82) is 0 Å². The van der Waals surface area contributed by atoms with Crippen LogP contribution in [-0.2, 0) is 4.79 Å². The van der Waals surface area contributed by atoms with Crippen molar-refractivity contribution in [3.8, 4) is 0 Å². The van der Waals surface area contributed by atoms with Crippen molar-refractivity contribution >= 4 is 44.4 Å². The van der Waals surface area contributed by atoms with E-state index >= 15 is 0 Å². The summed E-state index contributed by atoms with van der Waals surface area (Å²) < 4.78 is 36.6. The fraction of sp³-hybridized carbons (Fsp3) is 0.750. The largest absolute Gasteiger partial charge is 0.348 e. The summed E-state index contributed by atoms with van der Waals surface area (Å²) in [6.45, 7) is 0. The fourth-order valence-corrected chi connectivity index (χ4v) is 0.789. The van der Waals surface area contributed by atoms with Crippen LogP contribution in [0, 0.1) is 0 Å². The molecule has 0 bridgehead atoms. The van der Waals surface area contributed by atoms with Gasteiger partial charge in [-0.2, -0.15) is 8.78 Å². The molecule has 0 spiro atoms. The molecular weight excluding hydrogens is 272 g/mol. The van der Waals surface area contributed by atoms with E-state index in [0.29, 0.717) is 0 Å². The van der Waals surface area contributed by atoms with E-state index in [1.54, 1.807) is 15.9 Å². The van der Waals surface area contributed by atoms with Crippen molar-refractivity contribution < 1.29 is 18.0 Å². The molecule has 7 heteroatoms. The summed E-state index contributed by atoms with van der Waals surface area (Å²) in [5, 5.41) is -4.73. The summed E-state index contributed by atoms with van der Waals surface area (Å²) in [6, 6.07) is 0. The molecule has 11 heavy (non-hydrogen) atoms. The maximum atomic E-state index is 12.5. The molecule has 0 rings (SSSR count). The van der Waals surface area contributed by atoms with Crippen LogP contribution in [0.15, 0.2) is 0 Å². The van der Waals surface area contributed by atoms with E-state index in [2.05, 4.69) is 23.2 Å². The molecule has 0 aromatic carbocycles. The van der Waals surface area contributed by atoms with E-state index in [4.69, 9.17) is 0 Å². The highest BCUT2D eigenvalue weighted by molar-refractivity contribution is 9.10. The van der Waals surface area contributed by atoms with Gasteiger partial charge in [-0.15, -0.1) is 0 Å². The lowest BCUT2D eigenvalue weighted by Crippen LogP contribution is -2.35. The molecule has 0 fully saturated rings. The van der Waals surface area contributed by atoms with Gasteiger partial charge in [0.1, 0.15) is 0 Å². The summed E-state index contributed by atoms with van der Waals surface area (Å²) in [5.41, 5.74) is 0. The standard InChI is InChI=1S/C4H2BrCl2F3O/c5-4(9,10)3(7,8)1-2(6)11/h1H2. The van der Waals surface area contributed by atoms with E-state index in [0.717, 1.165) is 0 Å². The second-order valence-corrected chi connectivity index (χ2v) is 3.75. The Kier molecular flexibility index (Phi) is 3.66. The summed E-state index contributed by atoms with van der Waals surface area (Å²) in [6.07, 6.45) is -1.26. The summed E-state index contributed by atoms with van der Waals surface area (Å²) in [7, 11) is 0. The number of hydrogen-bond donors (Lipinski definition) is 0. The fourth-order valence-electron chi connectivity index (χ4n) is 0.275. The molecule has 0 heterocycles. The smallest absolute Gasteiger partial charge is 0.281 e. The molecule has 0 amide bonds. The highest BCUT2D eigenvalue weighted by Gasteiger charge is 2.52. The van der Waals surface area contributed by atoms with Gasteiger partial charge in [0.2, 0.25) is 5.24 Å². The van der Waals surface area contributed by atoms with Gasteiger partial charge in [-0.25, -0.2) is 4.39 Å². The number of alkyl halides is 5. The van der Waals surface area contributed by atoms with Gasteiger partial charge in [-0.3, -0.25) is 4.79 Å². The van der Waals surface area contributed by atoms with Gasteiger partial charge in [0, 0.05) is 0 Å². The van der Waals surface area contributed by atoms with Gasteiger partial charge in [0.05, 0.1) is 6.42 Å². The molecule has 0 aliphatic rings. The number of carbonyl (C=O) groups is 1. The Balaban J connectivity index is 4.34. The number of carbonyl (C=O) groups excluding carboxylic acids is 1. The van der Waals surface area contributed by atoms with Gasteiger partial charge >= 0.3 is 4.83 Å². The topological polar surface area (TPSA) is 17.1 Å². The van der Waals surface area contributed by atoms with Gasteiger partial charge in [-0.1, -0.05) is 11.6 Å². The van der Waals surface area contributed by atoms with E-state index < -0.39 is 21.6 Å². The van der Waals surface area contributed by atoms with Crippen LogP contribution in [0.2, 0.25) is 0 Å². The van der Waals surface area contributed by atoms with Crippen molar-refractivity contribution in [1.82, 2.24) is 0 Å². The molecule has 1 unspecified atom stereocenters. The Morgan fingerprint density at radius 2 is 1.82 bits per heavy atom. The first-order valence-electron chi connectivity index (χ1n) is 2.30. The summed E-state index contributed by atoms with van der Waals surface area (Å²) in [4.78, 5) is 6.03. The quantitative estimate of drug-likeness (QED) is 0.571. The third-order valence-electron chi connectivity index (χ3n) is 0.776. The van der Waals surface area contributed by atoms with Crippen LogP contribution >= 0.6 is 39.1 Å². The molecule has 0 saturated heterocycles. The van der Waals surface area contributed by atoms with Crippen LogP contribution in [0.1, 0.15) is 6.42 Å². The maximum Gasteiger partial charge on any atom is 0.348 e. The predicted octanol–water partition coefficient (Wildman–Crippen LogP) is 3.03. The zero-order chi connectivity index (χ0) is 9.28. The predicted molar refractivity (Wildman–Crippen MR) is 39.0 cm³/mol. The molecule has 0 aromatic heterocycles. The SMILES string of the molecule is O=C(Cl)CC(F)(Cl)C(F)(F)Br. The highest BCUT2D eigenvalue weighted by atomic mass is 79.9. The molecule has 0 saturated carbocycles. The molecule has 0 radical (unpaired) electrons. The minimum absolute atomic E-state index is 1.26. The van der Waals surface area contributed by atoms with E-state index in [-0.39, 0.29) is 0 Å². The van der Waals surface area contributed by atoms with Crippen molar-refractivity contribution in [3.63, 3.8) is 0 Å². The van der Waals surface area contributed by atoms with Crippen molar-refractivity contribution in [2.45, 2.75) is 16.4 Å². The van der Waals surface area contributed by atoms with E-state index in [9.17, 15) is 18.0 Å². The molecule has 0 aromatic rings. The average Bonchev–Trinajstić information content (AvgIpc) is 1.56. The molecule has 0 aliphatic carbocycles. The number of hydrogen-bond acceptors (Lipinski definition) is 1. The lowest BCUT2D eigenvalue weighted by Gasteiger charge is -2.20. The monoisotopic (exact) mass is 272 g/mol. The molecule has 1 atom stereocenters. The average molecular weight is 274 g/mol. The Labute approximate surface area is 79.0 Å². The van der Waals surface area contributed by atoms with Crippen LogP contribution in [0.25, 0.3) is 0 Å². The van der Waals surface area contributed by atoms with Crippen LogP contribution < -0.4 is 0 Å². The number of halogens is 6. The first kappa shape index (κ1) is 11.5. The lowest BCUT2D eigenvalue weighted by atomic mass is 10.3. The Bertz CT molecular complexity index is 167. The van der Waals surface area contributed by atoms with Crippen molar-refractivity contribution in [2.24, 2.45) is 0 Å². The van der Waals surface area contributed by atoms with E-state index in [1.807, 2.05) is 0 Å². The van der Waals surface area contributed by atoms with Gasteiger partial charge < -0.3 is 0 Å². The third kappa shape index (κ3) is 3.62. The molecular formula is C4H2BrCl2F3O. The van der Waals surface area contributed by atoms with E-state index in [1.165, 1.54) is 0 Å². The molecule has 0 N–H and O–H groups in total. The van der Waals surface area contributed by atoms with Crippen molar-refractivity contribution in [3.05, 3.63) is 0 Å². The summed E-state index contributed by atoms with van der Waals surface area (Å²) >= 11 is 11.0. The first-order chi connectivity index (χ1) is 4.67. The third-order valence-corrected chi connectivity index (χ3v) is 2.14.